The molecule has 0 aliphatic heterocycles. The topological polar surface area (TPSA) is 53.1 Å². The normalized spacial score (nSPS) is 11.6. The highest BCUT2D eigenvalue weighted by Gasteiger charge is 2.32. The minimum atomic E-state index is -4.75. The van der Waals surface area contributed by atoms with E-state index in [0.29, 0.717) is 12.4 Å². The molecule has 2 N–H and O–H groups in total. The van der Waals surface area contributed by atoms with Crippen LogP contribution in [0.5, 0.6) is 5.75 Å². The summed E-state index contributed by atoms with van der Waals surface area (Å²) in [5, 5.41) is 0. The Kier molecular flexibility index (Phi) is 3.37. The lowest BCUT2D eigenvalue weighted by molar-refractivity contribution is -0.274. The number of nitrogens with two attached hydrogens (primary N) is 1. The molecule has 0 fully saturated rings. The molecule has 19 heavy (non-hydrogen) atoms. The van der Waals surface area contributed by atoms with Crippen LogP contribution in [0.3, 0.4) is 0 Å². The third-order valence-electron chi connectivity index (χ3n) is 2.59. The smallest absolute Gasteiger partial charge is 0.405 e. The van der Waals surface area contributed by atoms with Gasteiger partial charge in [0.1, 0.15) is 17.3 Å². The van der Waals surface area contributed by atoms with Crippen molar-refractivity contribution >= 4 is 5.82 Å². The van der Waals surface area contributed by atoms with Crippen molar-refractivity contribution in [3.8, 4) is 17.0 Å². The van der Waals surface area contributed by atoms with Crippen molar-refractivity contribution < 1.29 is 17.9 Å². The second kappa shape index (κ2) is 4.83. The summed E-state index contributed by atoms with van der Waals surface area (Å²) in [4.78, 5) is 4.04. The lowest BCUT2D eigenvalue weighted by Gasteiger charge is -2.12. The first-order chi connectivity index (χ1) is 8.92. The van der Waals surface area contributed by atoms with Gasteiger partial charge in [0.2, 0.25) is 0 Å². The summed E-state index contributed by atoms with van der Waals surface area (Å²) in [5.41, 5.74) is 6.33. The van der Waals surface area contributed by atoms with Crippen LogP contribution >= 0.6 is 0 Å². The fourth-order valence-corrected chi connectivity index (χ4v) is 1.73. The van der Waals surface area contributed by atoms with Crippen LogP contribution < -0.4 is 10.5 Å². The summed E-state index contributed by atoms with van der Waals surface area (Å²) in [7, 11) is 0. The largest absolute Gasteiger partial charge is 0.573 e. The minimum absolute atomic E-state index is 0.213. The third-order valence-corrected chi connectivity index (χ3v) is 2.59. The van der Waals surface area contributed by atoms with E-state index in [1.165, 1.54) is 24.5 Å². The summed E-state index contributed by atoms with van der Waals surface area (Å²) in [6.07, 6.45) is -3.27. The van der Waals surface area contributed by atoms with Gasteiger partial charge < -0.3 is 15.0 Å². The monoisotopic (exact) mass is 271 g/mol. The average molecular weight is 271 g/mol. The Hall–Kier alpha value is -2.18. The van der Waals surface area contributed by atoms with Gasteiger partial charge in [0.15, 0.2) is 0 Å². The van der Waals surface area contributed by atoms with Crippen LogP contribution in [0.2, 0.25) is 0 Å². The van der Waals surface area contributed by atoms with E-state index >= 15 is 0 Å². The van der Waals surface area contributed by atoms with Gasteiger partial charge >= 0.3 is 6.36 Å². The highest BCUT2D eigenvalue weighted by Crippen LogP contribution is 2.35. The Morgan fingerprint density at radius 2 is 2.00 bits per heavy atom. The van der Waals surface area contributed by atoms with E-state index in [4.69, 9.17) is 5.73 Å². The Bertz CT molecular complexity index is 578. The first-order valence-corrected chi connectivity index (χ1v) is 5.58. The zero-order valence-corrected chi connectivity index (χ0v) is 10.1. The molecule has 0 atom stereocenters. The highest BCUT2D eigenvalue weighted by molar-refractivity contribution is 5.75. The molecule has 4 nitrogen and oxygen atoms in total. The molecule has 2 rings (SSSR count). The van der Waals surface area contributed by atoms with Gasteiger partial charge in [0, 0.05) is 12.1 Å². The SMILES string of the molecule is CCn1cnc(-c2ccccc2OC(F)(F)F)c1N. The molecule has 0 radical (unpaired) electrons. The van der Waals surface area contributed by atoms with Crippen molar-refractivity contribution in [3.63, 3.8) is 0 Å². The van der Waals surface area contributed by atoms with Gasteiger partial charge in [-0.05, 0) is 19.1 Å². The Labute approximate surface area is 107 Å². The third kappa shape index (κ3) is 2.81. The molecule has 102 valence electrons. The zero-order chi connectivity index (χ0) is 14.0. The Morgan fingerprint density at radius 3 is 2.58 bits per heavy atom. The Morgan fingerprint density at radius 1 is 1.32 bits per heavy atom. The molecule has 0 unspecified atom stereocenters. The van der Waals surface area contributed by atoms with Crippen LogP contribution in [0, 0.1) is 0 Å². The maximum atomic E-state index is 12.3. The summed E-state index contributed by atoms with van der Waals surface area (Å²) in [5.74, 6) is -0.0104. The van der Waals surface area contributed by atoms with Crippen molar-refractivity contribution in [1.82, 2.24) is 9.55 Å². The van der Waals surface area contributed by atoms with Crippen molar-refractivity contribution in [2.75, 3.05) is 5.73 Å². The number of alkyl halides is 3. The summed E-state index contributed by atoms with van der Waals surface area (Å²) < 4.78 is 42.6. The van der Waals surface area contributed by atoms with Crippen LogP contribution in [0.25, 0.3) is 11.3 Å². The number of halogens is 3. The predicted molar refractivity (Wildman–Crippen MR) is 64.4 cm³/mol. The number of benzene rings is 1. The van der Waals surface area contributed by atoms with E-state index in [2.05, 4.69) is 9.72 Å². The number of rotatable bonds is 3. The number of imidazole rings is 1. The van der Waals surface area contributed by atoms with Gasteiger partial charge in [-0.1, -0.05) is 12.1 Å². The van der Waals surface area contributed by atoms with Crippen molar-refractivity contribution in [2.45, 2.75) is 19.8 Å². The Balaban J connectivity index is 2.47. The first-order valence-electron chi connectivity index (χ1n) is 5.58. The lowest BCUT2D eigenvalue weighted by atomic mass is 10.1. The van der Waals surface area contributed by atoms with Gasteiger partial charge in [-0.15, -0.1) is 13.2 Å². The molecule has 1 heterocycles. The second-order valence-electron chi connectivity index (χ2n) is 3.81. The summed E-state index contributed by atoms with van der Waals surface area (Å²) in [6, 6.07) is 5.77. The number of nitrogen functional groups attached to an aromatic ring is 1. The molecule has 0 saturated carbocycles. The van der Waals surface area contributed by atoms with Crippen molar-refractivity contribution in [2.24, 2.45) is 0 Å². The van der Waals surface area contributed by atoms with Gasteiger partial charge in [-0.2, -0.15) is 0 Å². The van der Waals surface area contributed by atoms with E-state index in [0.717, 1.165) is 0 Å². The maximum absolute atomic E-state index is 12.3. The van der Waals surface area contributed by atoms with Crippen LogP contribution in [0.1, 0.15) is 6.92 Å². The van der Waals surface area contributed by atoms with E-state index in [-0.39, 0.29) is 17.0 Å². The van der Waals surface area contributed by atoms with Crippen LogP contribution in [0.4, 0.5) is 19.0 Å². The van der Waals surface area contributed by atoms with E-state index in [1.807, 2.05) is 6.92 Å². The minimum Gasteiger partial charge on any atom is -0.405 e. The molecule has 0 aliphatic carbocycles. The van der Waals surface area contributed by atoms with Crippen molar-refractivity contribution in [1.29, 1.82) is 0 Å². The second-order valence-corrected chi connectivity index (χ2v) is 3.81. The standard InChI is InChI=1S/C12H12F3N3O/c1-2-18-7-17-10(11(18)16)8-5-3-4-6-9(8)19-12(13,14)15/h3-7H,2,16H2,1H3. The molecule has 0 amide bonds. The quantitative estimate of drug-likeness (QED) is 0.933. The number of aryl methyl sites for hydroxylation is 1. The van der Waals surface area contributed by atoms with Crippen LogP contribution in [0.15, 0.2) is 30.6 Å². The molecule has 0 saturated heterocycles. The fraction of sp³-hybridized carbons (Fsp3) is 0.250. The van der Waals surface area contributed by atoms with E-state index in [1.54, 1.807) is 10.6 Å². The molecule has 2 aromatic rings. The van der Waals surface area contributed by atoms with Crippen LogP contribution in [-0.4, -0.2) is 15.9 Å². The maximum Gasteiger partial charge on any atom is 0.573 e. The highest BCUT2D eigenvalue weighted by atomic mass is 19.4. The first kappa shape index (κ1) is 13.3. The summed E-state index contributed by atoms with van der Waals surface area (Å²) in [6.45, 7) is 2.45. The van der Waals surface area contributed by atoms with Crippen molar-refractivity contribution in [3.05, 3.63) is 30.6 Å². The number of anilines is 1. The van der Waals surface area contributed by atoms with Gasteiger partial charge in [-0.25, -0.2) is 4.98 Å². The number of hydrogen-bond acceptors (Lipinski definition) is 3. The fourth-order valence-electron chi connectivity index (χ4n) is 1.73. The number of nitrogens with zero attached hydrogens (tertiary/aromatic N) is 2. The number of aromatic nitrogens is 2. The van der Waals surface area contributed by atoms with E-state index in [9.17, 15) is 13.2 Å². The van der Waals surface area contributed by atoms with Gasteiger partial charge in [-0.3, -0.25) is 0 Å². The number of para-hydroxylation sites is 1. The average Bonchev–Trinajstić information content (AvgIpc) is 2.69. The number of ether oxygens (including phenoxy) is 1. The van der Waals surface area contributed by atoms with Gasteiger partial charge in [0.25, 0.3) is 0 Å². The lowest BCUT2D eigenvalue weighted by Crippen LogP contribution is -2.17. The summed E-state index contributed by atoms with van der Waals surface area (Å²) >= 11 is 0. The molecule has 1 aromatic carbocycles. The zero-order valence-electron chi connectivity index (χ0n) is 10.1. The molecular formula is C12H12F3N3O. The van der Waals surface area contributed by atoms with Crippen LogP contribution in [-0.2, 0) is 6.54 Å². The van der Waals surface area contributed by atoms with E-state index < -0.39 is 6.36 Å². The predicted octanol–water partition coefficient (Wildman–Crippen LogP) is 3.05. The van der Waals surface area contributed by atoms with Gasteiger partial charge in [0.05, 0.1) is 6.33 Å². The molecule has 0 spiro atoms. The molecule has 7 heteroatoms. The number of hydrogen-bond donors (Lipinski definition) is 1. The molecule has 0 bridgehead atoms. The molecular weight excluding hydrogens is 259 g/mol. The molecule has 1 aromatic heterocycles. The molecule has 0 aliphatic rings.